The standard InChI is InChI=1S/C30H36FN5O2S/c1-19-5-15-25(16-6-19)39-27(17-26(37)21-7-9-22(31)10-8-21)30(38)35-24-13-11-23(12-14-24)34-28-18-29(36(3)4)33-20(2)32-28/h5-10,15-16,18,23-24,27H,11-14,17H2,1-4H3,(H,35,38)(H,32,33,34). The van der Waals surface area contributed by atoms with Crippen molar-refractivity contribution >= 4 is 35.1 Å². The van der Waals surface area contributed by atoms with E-state index in [2.05, 4.69) is 20.6 Å². The number of benzene rings is 2. The second-order valence-corrected chi connectivity index (χ2v) is 11.6. The molecule has 1 heterocycles. The van der Waals surface area contributed by atoms with Gasteiger partial charge in [0.15, 0.2) is 5.78 Å². The van der Waals surface area contributed by atoms with Gasteiger partial charge in [0.2, 0.25) is 5.91 Å². The van der Waals surface area contributed by atoms with Crippen LogP contribution in [0.4, 0.5) is 16.0 Å². The van der Waals surface area contributed by atoms with E-state index in [-0.39, 0.29) is 30.2 Å². The third kappa shape index (κ3) is 8.26. The minimum absolute atomic E-state index is 0.0359. The van der Waals surface area contributed by atoms with Crippen LogP contribution in [0.5, 0.6) is 0 Å². The molecular weight excluding hydrogens is 513 g/mol. The Bertz CT molecular complexity index is 1280. The van der Waals surface area contributed by atoms with Gasteiger partial charge in [-0.25, -0.2) is 14.4 Å². The Balaban J connectivity index is 1.37. The SMILES string of the molecule is Cc1ccc(SC(CC(=O)c2ccc(F)cc2)C(=O)NC2CCC(Nc3cc(N(C)C)nc(C)n3)CC2)cc1. The van der Waals surface area contributed by atoms with Crippen LogP contribution in [0.15, 0.2) is 59.5 Å². The summed E-state index contributed by atoms with van der Waals surface area (Å²) in [5.74, 6) is 1.67. The van der Waals surface area contributed by atoms with Gasteiger partial charge >= 0.3 is 0 Å². The smallest absolute Gasteiger partial charge is 0.234 e. The molecule has 0 radical (unpaired) electrons. The molecule has 1 atom stereocenters. The quantitative estimate of drug-likeness (QED) is 0.252. The molecule has 3 aromatic rings. The molecule has 1 unspecified atom stereocenters. The van der Waals surface area contributed by atoms with Gasteiger partial charge in [0, 0.05) is 49.1 Å². The number of thioether (sulfide) groups is 1. The highest BCUT2D eigenvalue weighted by Gasteiger charge is 2.28. The van der Waals surface area contributed by atoms with E-state index >= 15 is 0 Å². The third-order valence-corrected chi connectivity index (χ3v) is 8.05. The van der Waals surface area contributed by atoms with Gasteiger partial charge in [0.05, 0.1) is 5.25 Å². The zero-order valence-electron chi connectivity index (χ0n) is 22.9. The van der Waals surface area contributed by atoms with E-state index in [0.29, 0.717) is 5.56 Å². The lowest BCUT2D eigenvalue weighted by Gasteiger charge is -2.31. The van der Waals surface area contributed by atoms with Gasteiger partial charge in [-0.05, 0) is 75.9 Å². The van der Waals surface area contributed by atoms with Crippen molar-refractivity contribution in [3.05, 3.63) is 77.4 Å². The second kappa shape index (κ2) is 13.1. The molecule has 1 saturated carbocycles. The average molecular weight is 550 g/mol. The number of aryl methyl sites for hydroxylation is 2. The highest BCUT2D eigenvalue weighted by molar-refractivity contribution is 8.00. The van der Waals surface area contributed by atoms with Crippen molar-refractivity contribution in [1.82, 2.24) is 15.3 Å². The van der Waals surface area contributed by atoms with Gasteiger partial charge in [-0.15, -0.1) is 11.8 Å². The molecule has 2 N–H and O–H groups in total. The number of carbonyl (C=O) groups is 2. The number of Topliss-reactive ketones (excluding diaryl/α,β-unsaturated/α-hetero) is 1. The van der Waals surface area contributed by atoms with Crippen LogP contribution < -0.4 is 15.5 Å². The number of halogens is 1. The first-order valence-corrected chi connectivity index (χ1v) is 14.2. The number of amides is 1. The molecule has 1 aromatic heterocycles. The van der Waals surface area contributed by atoms with Crippen molar-refractivity contribution in [3.63, 3.8) is 0 Å². The first-order valence-electron chi connectivity index (χ1n) is 13.3. The van der Waals surface area contributed by atoms with E-state index in [0.717, 1.165) is 53.6 Å². The van der Waals surface area contributed by atoms with Crippen LogP contribution in [0, 0.1) is 19.7 Å². The Morgan fingerprint density at radius 1 is 0.974 bits per heavy atom. The van der Waals surface area contributed by atoms with Crippen LogP contribution in [0.25, 0.3) is 0 Å². The monoisotopic (exact) mass is 549 g/mol. The number of anilines is 2. The summed E-state index contributed by atoms with van der Waals surface area (Å²) in [5, 5.41) is 6.15. The first kappa shape index (κ1) is 28.5. The van der Waals surface area contributed by atoms with E-state index in [1.165, 1.54) is 36.0 Å². The largest absolute Gasteiger partial charge is 0.367 e. The molecule has 0 bridgehead atoms. The van der Waals surface area contributed by atoms with Crippen molar-refractivity contribution in [2.45, 2.75) is 68.2 Å². The highest BCUT2D eigenvalue weighted by Crippen LogP contribution is 2.29. The summed E-state index contributed by atoms with van der Waals surface area (Å²) in [7, 11) is 3.91. The number of nitrogens with one attached hydrogen (secondary N) is 2. The maximum absolute atomic E-state index is 13.4. The predicted octanol–water partition coefficient (Wildman–Crippen LogP) is 5.57. The van der Waals surface area contributed by atoms with Gasteiger partial charge in [0.25, 0.3) is 0 Å². The van der Waals surface area contributed by atoms with E-state index in [1.807, 2.05) is 63.2 Å². The van der Waals surface area contributed by atoms with Crippen LogP contribution in [0.3, 0.4) is 0 Å². The maximum atomic E-state index is 13.4. The van der Waals surface area contributed by atoms with Crippen molar-refractivity contribution in [2.75, 3.05) is 24.3 Å². The van der Waals surface area contributed by atoms with Gasteiger partial charge in [-0.1, -0.05) is 17.7 Å². The molecule has 9 heteroatoms. The van der Waals surface area contributed by atoms with E-state index in [4.69, 9.17) is 0 Å². The molecule has 1 fully saturated rings. The molecule has 2 aromatic carbocycles. The molecule has 7 nitrogen and oxygen atoms in total. The Morgan fingerprint density at radius 2 is 1.62 bits per heavy atom. The van der Waals surface area contributed by atoms with E-state index < -0.39 is 11.1 Å². The van der Waals surface area contributed by atoms with Crippen LogP contribution in [0.1, 0.15) is 53.8 Å². The van der Waals surface area contributed by atoms with Crippen molar-refractivity contribution < 1.29 is 14.0 Å². The summed E-state index contributed by atoms with van der Waals surface area (Å²) in [5.41, 5.74) is 1.53. The number of rotatable bonds is 10. The molecule has 1 aliphatic carbocycles. The number of hydrogen-bond acceptors (Lipinski definition) is 7. The lowest BCUT2D eigenvalue weighted by molar-refractivity contribution is -0.121. The van der Waals surface area contributed by atoms with Crippen LogP contribution in [-0.2, 0) is 4.79 Å². The molecule has 0 spiro atoms. The molecule has 4 rings (SSSR count). The normalized spacial score (nSPS) is 17.8. The minimum atomic E-state index is -0.588. The predicted molar refractivity (Wildman–Crippen MR) is 155 cm³/mol. The lowest BCUT2D eigenvalue weighted by atomic mass is 9.91. The number of carbonyl (C=O) groups excluding carboxylic acids is 2. The Morgan fingerprint density at radius 3 is 2.26 bits per heavy atom. The topological polar surface area (TPSA) is 87.2 Å². The van der Waals surface area contributed by atoms with Crippen molar-refractivity contribution in [1.29, 1.82) is 0 Å². The summed E-state index contributed by atoms with van der Waals surface area (Å²) < 4.78 is 13.3. The zero-order chi connectivity index (χ0) is 27.9. The minimum Gasteiger partial charge on any atom is -0.367 e. The highest BCUT2D eigenvalue weighted by atomic mass is 32.2. The average Bonchev–Trinajstić information content (AvgIpc) is 2.90. The van der Waals surface area contributed by atoms with Gasteiger partial charge < -0.3 is 15.5 Å². The fourth-order valence-electron chi connectivity index (χ4n) is 4.63. The van der Waals surface area contributed by atoms with Crippen molar-refractivity contribution in [2.24, 2.45) is 0 Å². The Kier molecular flexibility index (Phi) is 9.56. The molecule has 0 saturated heterocycles. The summed E-state index contributed by atoms with van der Waals surface area (Å²) in [6.45, 7) is 3.89. The summed E-state index contributed by atoms with van der Waals surface area (Å²) in [6.07, 6.45) is 3.50. The Hall–Kier alpha value is -3.46. The summed E-state index contributed by atoms with van der Waals surface area (Å²) >= 11 is 1.39. The molecule has 206 valence electrons. The number of hydrogen-bond donors (Lipinski definition) is 2. The molecule has 0 aliphatic heterocycles. The molecule has 1 aliphatic rings. The van der Waals surface area contributed by atoms with Gasteiger partial charge in [0.1, 0.15) is 23.3 Å². The summed E-state index contributed by atoms with van der Waals surface area (Å²) in [6, 6.07) is 15.7. The first-order chi connectivity index (χ1) is 18.7. The van der Waals surface area contributed by atoms with Gasteiger partial charge in [-0.2, -0.15) is 0 Å². The zero-order valence-corrected chi connectivity index (χ0v) is 23.7. The molecule has 39 heavy (non-hydrogen) atoms. The van der Waals surface area contributed by atoms with Gasteiger partial charge in [-0.3, -0.25) is 9.59 Å². The van der Waals surface area contributed by atoms with E-state index in [9.17, 15) is 14.0 Å². The third-order valence-electron chi connectivity index (χ3n) is 6.84. The van der Waals surface area contributed by atoms with E-state index in [1.54, 1.807) is 0 Å². The van der Waals surface area contributed by atoms with Crippen molar-refractivity contribution in [3.8, 4) is 0 Å². The number of aromatic nitrogens is 2. The fourth-order valence-corrected chi connectivity index (χ4v) is 5.66. The van der Waals surface area contributed by atoms with Crippen LogP contribution in [-0.4, -0.2) is 53.1 Å². The number of ketones is 1. The second-order valence-electron chi connectivity index (χ2n) is 10.3. The number of nitrogens with zero attached hydrogens (tertiary/aromatic N) is 3. The fraction of sp³-hybridized carbons (Fsp3) is 0.400. The van der Waals surface area contributed by atoms with Crippen LogP contribution in [0.2, 0.25) is 0 Å². The Labute approximate surface area is 234 Å². The maximum Gasteiger partial charge on any atom is 0.234 e. The summed E-state index contributed by atoms with van der Waals surface area (Å²) in [4.78, 5) is 38.3. The molecular formula is C30H36FN5O2S. The molecule has 1 amide bonds. The van der Waals surface area contributed by atoms with Crippen LogP contribution >= 0.6 is 11.8 Å². The lowest BCUT2D eigenvalue weighted by Crippen LogP contribution is -2.44.